The number of carboxylic acids is 2. The monoisotopic (exact) mass is 228 g/mol. The Hall–Kier alpha value is -2.30. The summed E-state index contributed by atoms with van der Waals surface area (Å²) in [7, 11) is 0. The van der Waals surface area contributed by atoms with Crippen LogP contribution in [0.3, 0.4) is 0 Å². The maximum atomic E-state index is 10.5. The van der Waals surface area contributed by atoms with Gasteiger partial charge in [0.05, 0.1) is 0 Å². The molecule has 0 radical (unpaired) electrons. The first-order valence-electron chi connectivity index (χ1n) is 4.12. The number of hydrogen-bond acceptors (Lipinski definition) is 6. The molecule has 8 nitrogen and oxygen atoms in total. The average Bonchev–Trinajstić information content (AvgIpc) is 2.21. The van der Waals surface area contributed by atoms with Crippen LogP contribution in [0.1, 0.15) is 12.8 Å². The highest BCUT2D eigenvalue weighted by Crippen LogP contribution is 2.08. The number of rotatable bonds is 7. The summed E-state index contributed by atoms with van der Waals surface area (Å²) in [4.78, 5) is 46.7. The second-order valence-electron chi connectivity index (χ2n) is 2.73. The fourth-order valence-corrected chi connectivity index (χ4v) is 0.929. The molecule has 0 aromatic heterocycles. The number of hydrogen-bond donors (Lipinski definition) is 2. The van der Waals surface area contributed by atoms with Crippen molar-refractivity contribution in [1.82, 2.24) is 0 Å². The highest BCUT2D eigenvalue weighted by atomic mass is 16.4. The molecule has 86 valence electrons. The van der Waals surface area contributed by atoms with Crippen molar-refractivity contribution >= 4 is 24.1 Å². The van der Waals surface area contributed by atoms with Gasteiger partial charge in [-0.3, -0.25) is 0 Å². The molecule has 2 atom stereocenters. The minimum Gasteiger partial charge on any atom is -0.480 e. The molecule has 0 aromatic carbocycles. The fraction of sp³-hybridized carbons (Fsp3) is 0.500. The number of carbonyl (C=O) groups excluding carboxylic acids is 2. The second-order valence-corrected chi connectivity index (χ2v) is 2.73. The van der Waals surface area contributed by atoms with Crippen LogP contribution in [-0.4, -0.2) is 46.4 Å². The van der Waals surface area contributed by atoms with Gasteiger partial charge in [-0.05, 0) is 12.8 Å². The Balaban J connectivity index is 4.48. The number of isocyanates is 2. The molecular formula is C8H8N2O6. The van der Waals surface area contributed by atoms with E-state index in [0.717, 1.165) is 12.2 Å². The lowest BCUT2D eigenvalue weighted by molar-refractivity contribution is -0.141. The van der Waals surface area contributed by atoms with Crippen LogP contribution < -0.4 is 0 Å². The van der Waals surface area contributed by atoms with Crippen molar-refractivity contribution < 1.29 is 29.4 Å². The normalized spacial score (nSPS) is 12.8. The van der Waals surface area contributed by atoms with Gasteiger partial charge in [0.1, 0.15) is 0 Å². The molecule has 0 aliphatic heterocycles. The van der Waals surface area contributed by atoms with Crippen LogP contribution in [0.5, 0.6) is 0 Å². The van der Waals surface area contributed by atoms with E-state index < -0.39 is 24.0 Å². The molecule has 0 aliphatic rings. The van der Waals surface area contributed by atoms with E-state index in [2.05, 4.69) is 9.98 Å². The van der Waals surface area contributed by atoms with E-state index in [9.17, 15) is 19.2 Å². The van der Waals surface area contributed by atoms with Crippen LogP contribution in [0.4, 0.5) is 0 Å². The predicted molar refractivity (Wildman–Crippen MR) is 48.3 cm³/mol. The van der Waals surface area contributed by atoms with Crippen molar-refractivity contribution in [2.75, 3.05) is 0 Å². The standard InChI is InChI=1S/C8H8N2O6/c11-3-9-5(7(13)14)1-2-6(8(15)16)10-4-12/h5-6H,1-2H2,(H,13,14)(H,15,16). The molecule has 0 saturated carbocycles. The van der Waals surface area contributed by atoms with Crippen LogP contribution in [0.25, 0.3) is 0 Å². The molecule has 8 heteroatoms. The lowest BCUT2D eigenvalue weighted by Gasteiger charge is -2.07. The average molecular weight is 228 g/mol. The smallest absolute Gasteiger partial charge is 0.329 e. The van der Waals surface area contributed by atoms with E-state index >= 15 is 0 Å². The van der Waals surface area contributed by atoms with E-state index in [0.29, 0.717) is 0 Å². The first kappa shape index (κ1) is 13.7. The first-order chi connectivity index (χ1) is 7.52. The molecule has 0 fully saturated rings. The van der Waals surface area contributed by atoms with E-state index in [1.807, 2.05) is 0 Å². The molecule has 0 heterocycles. The third-order valence-electron chi connectivity index (χ3n) is 1.70. The molecule has 2 N–H and O–H groups in total. The van der Waals surface area contributed by atoms with E-state index in [-0.39, 0.29) is 12.8 Å². The van der Waals surface area contributed by atoms with Crippen LogP contribution in [0.15, 0.2) is 9.98 Å². The molecular weight excluding hydrogens is 220 g/mol. The Morgan fingerprint density at radius 2 is 1.25 bits per heavy atom. The van der Waals surface area contributed by atoms with E-state index in [4.69, 9.17) is 10.2 Å². The third-order valence-corrected chi connectivity index (χ3v) is 1.70. The summed E-state index contributed by atoms with van der Waals surface area (Å²) in [6, 6.07) is -2.75. The number of aliphatic imine (C=N–C) groups is 2. The van der Waals surface area contributed by atoms with Crippen molar-refractivity contribution in [3.8, 4) is 0 Å². The Bertz CT molecular complexity index is 327. The van der Waals surface area contributed by atoms with Crippen molar-refractivity contribution in [2.45, 2.75) is 24.9 Å². The molecule has 0 rings (SSSR count). The number of aliphatic carboxylic acids is 2. The predicted octanol–water partition coefficient (Wildman–Crippen LogP) is -0.655. The quantitative estimate of drug-likeness (QED) is 0.439. The van der Waals surface area contributed by atoms with Crippen LogP contribution in [-0.2, 0) is 19.2 Å². The van der Waals surface area contributed by atoms with Gasteiger partial charge in [-0.25, -0.2) is 19.2 Å². The minimum absolute atomic E-state index is 0.229. The highest BCUT2D eigenvalue weighted by Gasteiger charge is 2.22. The zero-order valence-electron chi connectivity index (χ0n) is 7.99. The maximum Gasteiger partial charge on any atom is 0.329 e. The van der Waals surface area contributed by atoms with Gasteiger partial charge in [0.2, 0.25) is 12.2 Å². The van der Waals surface area contributed by atoms with Gasteiger partial charge >= 0.3 is 11.9 Å². The van der Waals surface area contributed by atoms with Gasteiger partial charge in [-0.1, -0.05) is 0 Å². The third kappa shape index (κ3) is 4.80. The zero-order chi connectivity index (χ0) is 12.6. The summed E-state index contributed by atoms with van der Waals surface area (Å²) in [5.74, 6) is -2.75. The largest absolute Gasteiger partial charge is 0.480 e. The van der Waals surface area contributed by atoms with Crippen molar-refractivity contribution in [2.24, 2.45) is 9.98 Å². The zero-order valence-corrected chi connectivity index (χ0v) is 7.99. The lowest BCUT2D eigenvalue weighted by Crippen LogP contribution is -2.23. The molecule has 0 amide bonds. The molecule has 0 spiro atoms. The summed E-state index contributed by atoms with van der Waals surface area (Å²) in [6.45, 7) is 0. The van der Waals surface area contributed by atoms with Gasteiger partial charge in [0.25, 0.3) is 0 Å². The molecule has 0 bridgehead atoms. The molecule has 0 aliphatic carbocycles. The summed E-state index contributed by atoms with van der Waals surface area (Å²) in [5.41, 5.74) is 0. The molecule has 0 saturated heterocycles. The highest BCUT2D eigenvalue weighted by molar-refractivity contribution is 5.76. The minimum atomic E-state index is -1.37. The first-order valence-corrected chi connectivity index (χ1v) is 4.12. The van der Waals surface area contributed by atoms with Crippen molar-refractivity contribution in [3.63, 3.8) is 0 Å². The van der Waals surface area contributed by atoms with Crippen molar-refractivity contribution in [3.05, 3.63) is 0 Å². The molecule has 16 heavy (non-hydrogen) atoms. The Morgan fingerprint density at radius 1 is 0.938 bits per heavy atom. The molecule has 2 unspecified atom stereocenters. The summed E-state index contributed by atoms with van der Waals surface area (Å²) in [6.07, 6.45) is 1.69. The number of carbonyl (C=O) groups is 2. The second kappa shape index (κ2) is 7.05. The summed E-state index contributed by atoms with van der Waals surface area (Å²) < 4.78 is 0. The maximum absolute atomic E-state index is 10.5. The Labute approximate surface area is 89.3 Å². The summed E-state index contributed by atoms with van der Waals surface area (Å²) in [5, 5.41) is 17.1. The van der Waals surface area contributed by atoms with E-state index in [1.165, 1.54) is 0 Å². The lowest BCUT2D eigenvalue weighted by atomic mass is 10.1. The van der Waals surface area contributed by atoms with Gasteiger partial charge in [0, 0.05) is 0 Å². The molecule has 0 aromatic rings. The number of nitrogens with zero attached hydrogens (tertiary/aromatic N) is 2. The topological polar surface area (TPSA) is 133 Å². The SMILES string of the molecule is O=C=NC(CCC(N=C=O)C(=O)O)C(=O)O. The van der Waals surface area contributed by atoms with Crippen LogP contribution in [0, 0.1) is 0 Å². The van der Waals surface area contributed by atoms with Gasteiger partial charge in [0.15, 0.2) is 12.1 Å². The van der Waals surface area contributed by atoms with Gasteiger partial charge < -0.3 is 10.2 Å². The summed E-state index contributed by atoms with van der Waals surface area (Å²) >= 11 is 0. The van der Waals surface area contributed by atoms with Gasteiger partial charge in [-0.15, -0.1) is 0 Å². The van der Waals surface area contributed by atoms with Crippen molar-refractivity contribution in [1.29, 1.82) is 0 Å². The van der Waals surface area contributed by atoms with Crippen LogP contribution in [0.2, 0.25) is 0 Å². The Morgan fingerprint density at radius 3 is 1.44 bits per heavy atom. The Kier molecular flexibility index (Phi) is 6.04. The van der Waals surface area contributed by atoms with Gasteiger partial charge in [-0.2, -0.15) is 9.98 Å². The fourth-order valence-electron chi connectivity index (χ4n) is 0.929. The van der Waals surface area contributed by atoms with E-state index in [1.54, 1.807) is 0 Å². The van der Waals surface area contributed by atoms with Crippen LogP contribution >= 0.6 is 0 Å². The number of carboxylic acid groups (broad SMARTS) is 2.